The Morgan fingerprint density at radius 2 is 1.76 bits per heavy atom. The summed E-state index contributed by atoms with van der Waals surface area (Å²) in [6.07, 6.45) is 0.504. The van der Waals surface area contributed by atoms with Crippen molar-refractivity contribution in [3.05, 3.63) is 63.9 Å². The third kappa shape index (κ3) is 6.36. The minimum absolute atomic E-state index is 0.0991. The Bertz CT molecular complexity index is 747. The number of hydrogen-bond acceptors (Lipinski definition) is 4. The van der Waals surface area contributed by atoms with Crippen molar-refractivity contribution in [2.24, 2.45) is 0 Å². The van der Waals surface area contributed by atoms with Gasteiger partial charge in [0.2, 0.25) is 0 Å². The highest BCUT2D eigenvalue weighted by Gasteiger charge is 2.10. The standard InChI is InChI=1S/C18H15Cl2FO4/c19-13-5-8-17(15(20)10-13)24-9-1-2-18(23)25-11-16(22)12-3-6-14(21)7-4-12/h3-8,10H,1-2,9,11H2. The Balaban J connectivity index is 1.67. The molecular formula is C18H15Cl2FO4. The molecule has 0 amide bonds. The van der Waals surface area contributed by atoms with Crippen LogP contribution >= 0.6 is 23.2 Å². The van der Waals surface area contributed by atoms with Crippen LogP contribution in [-0.4, -0.2) is 25.0 Å². The summed E-state index contributed by atoms with van der Waals surface area (Å²) in [6, 6.07) is 9.89. The summed E-state index contributed by atoms with van der Waals surface area (Å²) in [7, 11) is 0. The van der Waals surface area contributed by atoms with Gasteiger partial charge in [-0.2, -0.15) is 0 Å². The van der Waals surface area contributed by atoms with E-state index in [2.05, 4.69) is 0 Å². The fraction of sp³-hybridized carbons (Fsp3) is 0.222. The van der Waals surface area contributed by atoms with Gasteiger partial charge in [-0.25, -0.2) is 4.39 Å². The minimum atomic E-state index is -0.513. The van der Waals surface area contributed by atoms with E-state index in [1.165, 1.54) is 24.3 Å². The predicted molar refractivity (Wildman–Crippen MR) is 92.9 cm³/mol. The average molecular weight is 385 g/mol. The number of rotatable bonds is 8. The fourth-order valence-electron chi connectivity index (χ4n) is 1.93. The van der Waals surface area contributed by atoms with E-state index in [1.807, 2.05) is 0 Å². The van der Waals surface area contributed by atoms with Gasteiger partial charge in [0.25, 0.3) is 0 Å². The molecule has 2 rings (SSSR count). The zero-order valence-electron chi connectivity index (χ0n) is 13.1. The lowest BCUT2D eigenvalue weighted by molar-refractivity contribution is -0.142. The molecule has 0 N–H and O–H groups in total. The average Bonchev–Trinajstić information content (AvgIpc) is 2.58. The molecule has 0 aliphatic heterocycles. The summed E-state index contributed by atoms with van der Waals surface area (Å²) in [5, 5.41) is 0.895. The summed E-state index contributed by atoms with van der Waals surface area (Å²) in [5.74, 6) is -0.862. The van der Waals surface area contributed by atoms with Crippen LogP contribution in [0.15, 0.2) is 42.5 Å². The van der Waals surface area contributed by atoms with Crippen molar-refractivity contribution < 1.29 is 23.5 Å². The number of halogens is 3. The van der Waals surface area contributed by atoms with Gasteiger partial charge in [0.05, 0.1) is 11.6 Å². The van der Waals surface area contributed by atoms with Gasteiger partial charge in [0.15, 0.2) is 12.4 Å². The summed E-state index contributed by atoms with van der Waals surface area (Å²) in [6.45, 7) is -0.114. The lowest BCUT2D eigenvalue weighted by Gasteiger charge is -2.08. The van der Waals surface area contributed by atoms with Crippen molar-refractivity contribution >= 4 is 35.0 Å². The van der Waals surface area contributed by atoms with Crippen LogP contribution in [-0.2, 0) is 9.53 Å². The number of esters is 1. The molecule has 132 valence electrons. The van der Waals surface area contributed by atoms with E-state index >= 15 is 0 Å². The van der Waals surface area contributed by atoms with Gasteiger partial charge in [-0.15, -0.1) is 0 Å². The van der Waals surface area contributed by atoms with E-state index in [9.17, 15) is 14.0 Å². The van der Waals surface area contributed by atoms with Crippen LogP contribution in [0.3, 0.4) is 0 Å². The molecule has 0 unspecified atom stereocenters. The van der Waals surface area contributed by atoms with Gasteiger partial charge in [0, 0.05) is 17.0 Å². The first kappa shape index (κ1) is 19.2. The smallest absolute Gasteiger partial charge is 0.306 e. The topological polar surface area (TPSA) is 52.6 Å². The van der Waals surface area contributed by atoms with Gasteiger partial charge >= 0.3 is 5.97 Å². The Morgan fingerprint density at radius 3 is 2.44 bits per heavy atom. The van der Waals surface area contributed by atoms with E-state index in [4.69, 9.17) is 32.7 Å². The molecule has 0 saturated heterocycles. The lowest BCUT2D eigenvalue weighted by atomic mass is 10.1. The normalized spacial score (nSPS) is 10.4. The maximum atomic E-state index is 12.8. The molecule has 0 aliphatic carbocycles. The Hall–Kier alpha value is -2.11. The number of Topliss-reactive ketones (excluding diaryl/α,β-unsaturated/α-hetero) is 1. The third-order valence-corrected chi connectivity index (χ3v) is 3.74. The first-order valence-corrected chi connectivity index (χ1v) is 8.23. The Kier molecular flexibility index (Phi) is 7.22. The quantitative estimate of drug-likeness (QED) is 0.375. The van der Waals surface area contributed by atoms with Gasteiger partial charge in [0.1, 0.15) is 11.6 Å². The molecule has 0 radical (unpaired) electrons. The molecule has 0 bridgehead atoms. The highest BCUT2D eigenvalue weighted by atomic mass is 35.5. The second-order valence-electron chi connectivity index (χ2n) is 5.12. The molecule has 25 heavy (non-hydrogen) atoms. The van der Waals surface area contributed by atoms with Crippen LogP contribution in [0.2, 0.25) is 10.0 Å². The summed E-state index contributed by atoms with van der Waals surface area (Å²) < 4.78 is 23.1. The van der Waals surface area contributed by atoms with Crippen molar-refractivity contribution in [2.75, 3.05) is 13.2 Å². The Labute approximate surface area is 154 Å². The fourth-order valence-corrected chi connectivity index (χ4v) is 2.39. The van der Waals surface area contributed by atoms with Crippen LogP contribution < -0.4 is 4.74 Å². The molecule has 2 aromatic rings. The van der Waals surface area contributed by atoms with Crippen LogP contribution in [0, 0.1) is 5.82 Å². The van der Waals surface area contributed by atoms with Crippen LogP contribution in [0.1, 0.15) is 23.2 Å². The van der Waals surface area contributed by atoms with E-state index in [0.717, 1.165) is 0 Å². The minimum Gasteiger partial charge on any atom is -0.492 e. The monoisotopic (exact) mass is 384 g/mol. The number of ketones is 1. The van der Waals surface area contributed by atoms with Gasteiger partial charge in [-0.3, -0.25) is 9.59 Å². The molecule has 0 aliphatic rings. The molecular weight excluding hydrogens is 370 g/mol. The van der Waals surface area contributed by atoms with Gasteiger partial charge in [-0.1, -0.05) is 23.2 Å². The highest BCUT2D eigenvalue weighted by Crippen LogP contribution is 2.27. The van der Waals surface area contributed by atoms with Crippen molar-refractivity contribution in [3.63, 3.8) is 0 Å². The number of carbonyl (C=O) groups is 2. The van der Waals surface area contributed by atoms with Crippen molar-refractivity contribution in [3.8, 4) is 5.75 Å². The number of benzene rings is 2. The van der Waals surface area contributed by atoms with E-state index in [1.54, 1.807) is 18.2 Å². The summed E-state index contributed by atoms with van der Waals surface area (Å²) in [4.78, 5) is 23.4. The second-order valence-corrected chi connectivity index (χ2v) is 5.96. The molecule has 4 nitrogen and oxygen atoms in total. The largest absolute Gasteiger partial charge is 0.492 e. The molecule has 0 heterocycles. The SMILES string of the molecule is O=C(CCCOc1ccc(Cl)cc1Cl)OCC(=O)c1ccc(F)cc1. The molecule has 0 aromatic heterocycles. The summed E-state index contributed by atoms with van der Waals surface area (Å²) in [5.41, 5.74) is 0.287. The first-order valence-electron chi connectivity index (χ1n) is 7.48. The van der Waals surface area contributed by atoms with Crippen LogP contribution in [0.5, 0.6) is 5.75 Å². The predicted octanol–water partition coefficient (Wildman–Crippen LogP) is 4.72. The second kappa shape index (κ2) is 9.39. The number of hydrogen-bond donors (Lipinski definition) is 0. The van der Waals surface area contributed by atoms with Crippen LogP contribution in [0.25, 0.3) is 0 Å². The molecule has 7 heteroatoms. The van der Waals surface area contributed by atoms with Crippen LogP contribution in [0.4, 0.5) is 4.39 Å². The zero-order chi connectivity index (χ0) is 18.2. The van der Waals surface area contributed by atoms with Crippen molar-refractivity contribution in [2.45, 2.75) is 12.8 Å². The van der Waals surface area contributed by atoms with E-state index < -0.39 is 17.6 Å². The summed E-state index contributed by atoms with van der Waals surface area (Å²) >= 11 is 11.7. The highest BCUT2D eigenvalue weighted by molar-refractivity contribution is 6.35. The number of ether oxygens (including phenoxy) is 2. The molecule has 2 aromatic carbocycles. The van der Waals surface area contributed by atoms with E-state index in [-0.39, 0.29) is 25.2 Å². The first-order chi connectivity index (χ1) is 12.0. The molecule has 0 fully saturated rings. The maximum absolute atomic E-state index is 12.8. The third-order valence-electron chi connectivity index (χ3n) is 3.21. The molecule has 0 spiro atoms. The molecule has 0 saturated carbocycles. The maximum Gasteiger partial charge on any atom is 0.306 e. The molecule has 0 atom stereocenters. The number of carbonyl (C=O) groups excluding carboxylic acids is 2. The van der Waals surface area contributed by atoms with Crippen molar-refractivity contribution in [1.82, 2.24) is 0 Å². The zero-order valence-corrected chi connectivity index (χ0v) is 14.6. The van der Waals surface area contributed by atoms with Gasteiger partial charge in [-0.05, 0) is 48.9 Å². The van der Waals surface area contributed by atoms with E-state index in [0.29, 0.717) is 22.2 Å². The lowest BCUT2D eigenvalue weighted by Crippen LogP contribution is -2.14. The van der Waals surface area contributed by atoms with Crippen molar-refractivity contribution in [1.29, 1.82) is 0 Å². The Morgan fingerprint density at radius 1 is 1.04 bits per heavy atom. The van der Waals surface area contributed by atoms with Gasteiger partial charge < -0.3 is 9.47 Å².